The van der Waals surface area contributed by atoms with Gasteiger partial charge in [0.1, 0.15) is 5.82 Å². The maximum Gasteiger partial charge on any atom is 0.244 e. The number of anilines is 1. The van der Waals surface area contributed by atoms with E-state index in [0.717, 1.165) is 44.1 Å². The van der Waals surface area contributed by atoms with Crippen LogP contribution in [0.15, 0.2) is 66.8 Å². The summed E-state index contributed by atoms with van der Waals surface area (Å²) in [6.07, 6.45) is 3.35. The Kier molecular flexibility index (Phi) is 6.49. The first kappa shape index (κ1) is 22.1. The summed E-state index contributed by atoms with van der Waals surface area (Å²) >= 11 is 7.56. The second-order valence-electron chi connectivity index (χ2n) is 8.71. The van der Waals surface area contributed by atoms with Gasteiger partial charge < -0.3 is 10.2 Å². The van der Waals surface area contributed by atoms with Crippen LogP contribution in [-0.4, -0.2) is 54.4 Å². The lowest BCUT2D eigenvalue weighted by molar-refractivity contribution is -0.116. The summed E-state index contributed by atoms with van der Waals surface area (Å²) in [6, 6.07) is 15.9. The molecule has 0 bridgehead atoms. The monoisotopic (exact) mass is 478 g/mol. The van der Waals surface area contributed by atoms with Crippen LogP contribution in [0.2, 0.25) is 5.02 Å². The molecule has 0 spiro atoms. The molecule has 5 nitrogen and oxygen atoms in total. The second kappa shape index (κ2) is 9.67. The highest BCUT2D eigenvalue weighted by molar-refractivity contribution is 7.13. The highest BCUT2D eigenvalue weighted by Gasteiger charge is 2.43. The van der Waals surface area contributed by atoms with E-state index in [0.29, 0.717) is 23.4 Å². The zero-order valence-electron chi connectivity index (χ0n) is 18.4. The number of aromatic nitrogens is 1. The van der Waals surface area contributed by atoms with Crippen LogP contribution >= 0.6 is 23.1 Å². The van der Waals surface area contributed by atoms with E-state index in [9.17, 15) is 4.79 Å². The average Bonchev–Trinajstić information content (AvgIpc) is 3.23. The third-order valence-corrected chi connectivity index (χ3v) is 7.64. The Morgan fingerprint density at radius 3 is 2.79 bits per heavy atom. The maximum absolute atomic E-state index is 12.2. The van der Waals surface area contributed by atoms with Gasteiger partial charge in [-0.05, 0) is 47.4 Å². The van der Waals surface area contributed by atoms with Gasteiger partial charge in [-0.3, -0.25) is 9.69 Å². The van der Waals surface area contributed by atoms with Gasteiger partial charge in [-0.2, -0.15) is 4.37 Å². The van der Waals surface area contributed by atoms with E-state index in [1.54, 1.807) is 23.7 Å². The molecule has 1 amide bonds. The molecular formula is C26H27ClN4OS. The van der Waals surface area contributed by atoms with Crippen molar-refractivity contribution in [3.05, 3.63) is 77.3 Å². The molecular weight excluding hydrogens is 452 g/mol. The molecule has 5 rings (SSSR count). The van der Waals surface area contributed by atoms with Gasteiger partial charge in [0.2, 0.25) is 5.91 Å². The minimum atomic E-state index is -0.0856. The minimum absolute atomic E-state index is 0.0856. The molecule has 33 heavy (non-hydrogen) atoms. The number of benzene rings is 2. The lowest BCUT2D eigenvalue weighted by atomic mass is 10.2. The maximum atomic E-state index is 12.2. The minimum Gasteiger partial charge on any atom is -0.353 e. The zero-order chi connectivity index (χ0) is 22.8. The number of piperazine rings is 1. The fraction of sp³-hybridized carbons (Fsp3) is 0.308. The van der Waals surface area contributed by atoms with Gasteiger partial charge in [0.15, 0.2) is 0 Å². The average molecular weight is 479 g/mol. The van der Waals surface area contributed by atoms with E-state index < -0.39 is 0 Å². The highest BCUT2D eigenvalue weighted by Crippen LogP contribution is 2.44. The first-order valence-electron chi connectivity index (χ1n) is 11.3. The second-order valence-corrected chi connectivity index (χ2v) is 9.95. The molecule has 1 saturated carbocycles. The number of hydrogen-bond donors (Lipinski definition) is 1. The molecule has 2 fully saturated rings. The molecule has 2 atom stereocenters. The normalized spacial score (nSPS) is 21.1. The van der Waals surface area contributed by atoms with E-state index in [-0.39, 0.29) is 5.91 Å². The predicted molar refractivity (Wildman–Crippen MR) is 138 cm³/mol. The van der Waals surface area contributed by atoms with Crippen LogP contribution in [0.5, 0.6) is 0 Å². The third kappa shape index (κ3) is 5.13. The molecule has 0 unspecified atom stereocenters. The SMILES string of the molecule is C=C1[C@H](CNC(=O)C=Cc2cccc(Cl)c2)[C@H]1CN1CCN(c2nsc3ccccc23)CC1. The van der Waals surface area contributed by atoms with Crippen LogP contribution < -0.4 is 10.2 Å². The summed E-state index contributed by atoms with van der Waals surface area (Å²) in [5, 5.41) is 4.93. The Balaban J connectivity index is 1.06. The fourth-order valence-electron chi connectivity index (χ4n) is 4.54. The van der Waals surface area contributed by atoms with Gasteiger partial charge in [-0.15, -0.1) is 0 Å². The standard InChI is InChI=1S/C26H27ClN4OS/c1-18-22(16-28-25(32)10-9-19-5-4-6-20(27)15-19)23(18)17-30-11-13-31(14-12-30)26-21-7-2-3-8-24(21)33-29-26/h2-10,15,22-23H,1,11-14,16-17H2,(H,28,32)/t22-,23-/m0/s1. The van der Waals surface area contributed by atoms with Gasteiger partial charge in [0, 0.05) is 67.6 Å². The smallest absolute Gasteiger partial charge is 0.244 e. The van der Waals surface area contributed by atoms with Crippen molar-refractivity contribution >= 4 is 51.0 Å². The van der Waals surface area contributed by atoms with Gasteiger partial charge in [-0.25, -0.2) is 0 Å². The first-order chi connectivity index (χ1) is 16.1. The molecule has 3 aromatic rings. The molecule has 7 heteroatoms. The topological polar surface area (TPSA) is 48.5 Å². The van der Waals surface area contributed by atoms with Crippen LogP contribution in [0.25, 0.3) is 16.2 Å². The molecule has 1 N–H and O–H groups in total. The number of nitrogens with zero attached hydrogens (tertiary/aromatic N) is 3. The fourth-order valence-corrected chi connectivity index (χ4v) is 5.53. The van der Waals surface area contributed by atoms with Crippen LogP contribution in [-0.2, 0) is 4.79 Å². The van der Waals surface area contributed by atoms with E-state index >= 15 is 0 Å². The molecule has 2 aromatic carbocycles. The number of carbonyl (C=O) groups is 1. The highest BCUT2D eigenvalue weighted by atomic mass is 35.5. The van der Waals surface area contributed by atoms with E-state index in [1.165, 1.54) is 15.7 Å². The molecule has 1 aromatic heterocycles. The predicted octanol–water partition coefficient (Wildman–Crippen LogP) is 4.70. The van der Waals surface area contributed by atoms with Gasteiger partial charge in [-0.1, -0.05) is 48.0 Å². The third-order valence-electron chi connectivity index (χ3n) is 6.59. The number of amides is 1. The number of nitrogens with one attached hydrogen (secondary N) is 1. The number of rotatable bonds is 7. The largest absolute Gasteiger partial charge is 0.353 e. The Morgan fingerprint density at radius 1 is 1.15 bits per heavy atom. The number of halogens is 1. The van der Waals surface area contributed by atoms with Crippen LogP contribution in [0.1, 0.15) is 5.56 Å². The van der Waals surface area contributed by atoms with Crippen molar-refractivity contribution in [2.24, 2.45) is 11.8 Å². The van der Waals surface area contributed by atoms with Crippen LogP contribution in [0.4, 0.5) is 5.82 Å². The molecule has 1 saturated heterocycles. The number of carbonyl (C=O) groups excluding carboxylic acids is 1. The summed E-state index contributed by atoms with van der Waals surface area (Å²) in [5.41, 5.74) is 2.16. The lowest BCUT2D eigenvalue weighted by Gasteiger charge is -2.35. The molecule has 1 aliphatic heterocycles. The Bertz CT molecular complexity index is 1200. The van der Waals surface area contributed by atoms with Crippen molar-refractivity contribution in [2.75, 3.05) is 44.2 Å². The van der Waals surface area contributed by atoms with E-state index in [4.69, 9.17) is 16.0 Å². The van der Waals surface area contributed by atoms with Crippen molar-refractivity contribution in [3.8, 4) is 0 Å². The van der Waals surface area contributed by atoms with Crippen molar-refractivity contribution in [3.63, 3.8) is 0 Å². The molecule has 0 radical (unpaired) electrons. The van der Waals surface area contributed by atoms with Crippen molar-refractivity contribution in [1.29, 1.82) is 0 Å². The number of fused-ring (bicyclic) bond motifs is 1. The van der Waals surface area contributed by atoms with Gasteiger partial charge in [0.05, 0.1) is 4.70 Å². The lowest BCUT2D eigenvalue weighted by Crippen LogP contribution is -2.47. The van der Waals surface area contributed by atoms with E-state index in [1.807, 2.05) is 24.3 Å². The molecule has 2 aliphatic rings. The van der Waals surface area contributed by atoms with Crippen LogP contribution in [0.3, 0.4) is 0 Å². The van der Waals surface area contributed by atoms with Crippen molar-refractivity contribution in [1.82, 2.24) is 14.6 Å². The Labute approximate surface area is 203 Å². The summed E-state index contributed by atoms with van der Waals surface area (Å²) < 4.78 is 5.95. The van der Waals surface area contributed by atoms with Crippen molar-refractivity contribution in [2.45, 2.75) is 0 Å². The Morgan fingerprint density at radius 2 is 1.97 bits per heavy atom. The summed E-state index contributed by atoms with van der Waals surface area (Å²) in [5.74, 6) is 1.87. The zero-order valence-corrected chi connectivity index (χ0v) is 20.0. The molecule has 1 aliphatic carbocycles. The van der Waals surface area contributed by atoms with Gasteiger partial charge >= 0.3 is 0 Å². The molecule has 170 valence electrons. The van der Waals surface area contributed by atoms with Crippen molar-refractivity contribution < 1.29 is 4.79 Å². The molecule has 2 heterocycles. The Hall–Kier alpha value is -2.67. The summed E-state index contributed by atoms with van der Waals surface area (Å²) in [7, 11) is 0. The first-order valence-corrected chi connectivity index (χ1v) is 12.5. The summed E-state index contributed by atoms with van der Waals surface area (Å²) in [6.45, 7) is 9.93. The van der Waals surface area contributed by atoms with E-state index in [2.05, 4.69) is 46.0 Å². The summed E-state index contributed by atoms with van der Waals surface area (Å²) in [4.78, 5) is 17.1. The van der Waals surface area contributed by atoms with Gasteiger partial charge in [0.25, 0.3) is 0 Å². The van der Waals surface area contributed by atoms with Crippen LogP contribution in [0, 0.1) is 11.8 Å². The number of hydrogen-bond acceptors (Lipinski definition) is 5. The quantitative estimate of drug-likeness (QED) is 0.395.